The number of anilines is 1. The second kappa shape index (κ2) is 6.54. The maximum absolute atomic E-state index is 13.9. The lowest BCUT2D eigenvalue weighted by Gasteiger charge is -2.20. The number of halogens is 3. The van der Waals surface area contributed by atoms with E-state index in [4.69, 9.17) is 16.3 Å². The molecular formula is C13H14BrClFNO3. The molecule has 0 aromatic heterocycles. The van der Waals surface area contributed by atoms with E-state index in [-0.39, 0.29) is 21.6 Å². The lowest BCUT2D eigenvalue weighted by Crippen LogP contribution is -2.27. The zero-order valence-electron chi connectivity index (χ0n) is 11.2. The highest BCUT2D eigenvalue weighted by Gasteiger charge is 2.20. The summed E-state index contributed by atoms with van der Waals surface area (Å²) in [4.78, 5) is 23.0. The summed E-state index contributed by atoms with van der Waals surface area (Å²) < 4.78 is 19.0. The van der Waals surface area contributed by atoms with Gasteiger partial charge in [0.05, 0.1) is 16.6 Å². The first-order valence-corrected chi connectivity index (χ1v) is 7.23. The van der Waals surface area contributed by atoms with Crippen LogP contribution in [-0.2, 0) is 4.74 Å². The SMILES string of the molecule is CC(C)(C)OC(=O)Nc1ccc(C(=O)CBr)c(F)c1Cl. The molecule has 0 aliphatic carbocycles. The monoisotopic (exact) mass is 365 g/mol. The first kappa shape index (κ1) is 16.9. The first-order chi connectivity index (χ1) is 9.15. The Labute approximate surface area is 129 Å². The molecule has 1 N–H and O–H groups in total. The molecule has 0 bridgehead atoms. The van der Waals surface area contributed by atoms with E-state index < -0.39 is 23.3 Å². The van der Waals surface area contributed by atoms with E-state index in [0.717, 1.165) is 0 Å². The van der Waals surface area contributed by atoms with Crippen molar-refractivity contribution in [3.05, 3.63) is 28.5 Å². The number of ether oxygens (including phenoxy) is 1. The van der Waals surface area contributed by atoms with Crippen LogP contribution in [0.15, 0.2) is 12.1 Å². The van der Waals surface area contributed by atoms with Crippen LogP contribution in [-0.4, -0.2) is 22.8 Å². The Morgan fingerprint density at radius 2 is 2.00 bits per heavy atom. The summed E-state index contributed by atoms with van der Waals surface area (Å²) in [6, 6.07) is 2.61. The van der Waals surface area contributed by atoms with E-state index in [1.54, 1.807) is 20.8 Å². The van der Waals surface area contributed by atoms with Gasteiger partial charge in [0, 0.05) is 0 Å². The van der Waals surface area contributed by atoms with E-state index in [1.807, 2.05) is 0 Å². The minimum absolute atomic E-state index is 0.0148. The Morgan fingerprint density at radius 3 is 2.50 bits per heavy atom. The van der Waals surface area contributed by atoms with E-state index in [0.29, 0.717) is 0 Å². The van der Waals surface area contributed by atoms with Gasteiger partial charge < -0.3 is 4.74 Å². The van der Waals surface area contributed by atoms with Gasteiger partial charge in [-0.15, -0.1) is 0 Å². The van der Waals surface area contributed by atoms with Crippen molar-refractivity contribution in [3.63, 3.8) is 0 Å². The van der Waals surface area contributed by atoms with Crippen molar-refractivity contribution in [2.45, 2.75) is 26.4 Å². The van der Waals surface area contributed by atoms with Crippen molar-refractivity contribution in [3.8, 4) is 0 Å². The van der Waals surface area contributed by atoms with Crippen LogP contribution in [0, 0.1) is 5.82 Å². The normalized spacial score (nSPS) is 11.1. The van der Waals surface area contributed by atoms with Gasteiger partial charge in [0.1, 0.15) is 10.6 Å². The highest BCUT2D eigenvalue weighted by atomic mass is 79.9. The van der Waals surface area contributed by atoms with Crippen LogP contribution >= 0.6 is 27.5 Å². The van der Waals surface area contributed by atoms with Crippen molar-refractivity contribution < 1.29 is 18.7 Å². The van der Waals surface area contributed by atoms with Crippen molar-refractivity contribution in [2.75, 3.05) is 10.6 Å². The lowest BCUT2D eigenvalue weighted by atomic mass is 10.1. The average Bonchev–Trinajstić information content (AvgIpc) is 2.32. The molecule has 1 aromatic rings. The topological polar surface area (TPSA) is 55.4 Å². The van der Waals surface area contributed by atoms with Gasteiger partial charge in [0.2, 0.25) is 0 Å². The molecule has 7 heteroatoms. The standard InChI is InChI=1S/C13H14BrClFNO3/c1-13(2,3)20-12(19)17-8-5-4-7(9(18)6-14)11(16)10(8)15/h4-5H,6H2,1-3H3,(H,17,19). The number of hydrogen-bond acceptors (Lipinski definition) is 3. The molecule has 0 atom stereocenters. The molecule has 1 rings (SSSR count). The molecule has 0 heterocycles. The fourth-order valence-electron chi connectivity index (χ4n) is 1.35. The van der Waals surface area contributed by atoms with Crippen LogP contribution < -0.4 is 5.32 Å². The van der Waals surface area contributed by atoms with E-state index in [2.05, 4.69) is 21.2 Å². The number of carbonyl (C=O) groups excluding carboxylic acids is 2. The Hall–Kier alpha value is -1.14. The van der Waals surface area contributed by atoms with Crippen LogP contribution in [0.1, 0.15) is 31.1 Å². The Morgan fingerprint density at radius 1 is 1.40 bits per heavy atom. The maximum atomic E-state index is 13.9. The molecule has 0 aliphatic heterocycles. The van der Waals surface area contributed by atoms with E-state index in [1.165, 1.54) is 12.1 Å². The van der Waals surface area contributed by atoms with Crippen molar-refractivity contribution in [1.29, 1.82) is 0 Å². The molecule has 0 radical (unpaired) electrons. The zero-order valence-corrected chi connectivity index (χ0v) is 13.6. The molecule has 1 aromatic carbocycles. The van der Waals surface area contributed by atoms with Crippen molar-refractivity contribution in [2.24, 2.45) is 0 Å². The number of alkyl halides is 1. The summed E-state index contributed by atoms with van der Waals surface area (Å²) in [5.41, 5.74) is -0.771. The van der Waals surface area contributed by atoms with Gasteiger partial charge in [-0.05, 0) is 32.9 Å². The van der Waals surface area contributed by atoms with Crippen LogP contribution in [0.25, 0.3) is 0 Å². The number of ketones is 1. The van der Waals surface area contributed by atoms with Crippen molar-refractivity contribution in [1.82, 2.24) is 0 Å². The molecule has 0 spiro atoms. The fourth-order valence-corrected chi connectivity index (χ4v) is 1.86. The van der Waals surface area contributed by atoms with Gasteiger partial charge in [0.15, 0.2) is 11.6 Å². The smallest absolute Gasteiger partial charge is 0.412 e. The van der Waals surface area contributed by atoms with Gasteiger partial charge in [-0.1, -0.05) is 27.5 Å². The first-order valence-electron chi connectivity index (χ1n) is 5.73. The molecule has 1 amide bonds. The van der Waals surface area contributed by atoms with Crippen LogP contribution in [0.3, 0.4) is 0 Å². The molecule has 0 saturated carbocycles. The largest absolute Gasteiger partial charge is 0.444 e. The number of benzene rings is 1. The summed E-state index contributed by atoms with van der Waals surface area (Å²) >= 11 is 8.75. The number of hydrogen-bond donors (Lipinski definition) is 1. The van der Waals surface area contributed by atoms with Crippen molar-refractivity contribution >= 4 is 45.1 Å². The predicted octanol–water partition coefficient (Wildman–Crippen LogP) is 4.40. The van der Waals surface area contributed by atoms with E-state index in [9.17, 15) is 14.0 Å². The zero-order chi connectivity index (χ0) is 15.5. The molecule has 4 nitrogen and oxygen atoms in total. The molecule has 110 valence electrons. The van der Waals surface area contributed by atoms with Gasteiger partial charge in [0.25, 0.3) is 0 Å². The summed E-state index contributed by atoms with van der Waals surface area (Å²) in [7, 11) is 0. The molecule has 0 unspecified atom stereocenters. The lowest BCUT2D eigenvalue weighted by molar-refractivity contribution is 0.0636. The Kier molecular flexibility index (Phi) is 5.53. The summed E-state index contributed by atoms with van der Waals surface area (Å²) in [5.74, 6) is -1.31. The minimum atomic E-state index is -0.871. The van der Waals surface area contributed by atoms with Gasteiger partial charge >= 0.3 is 6.09 Å². The average molecular weight is 367 g/mol. The third-order valence-electron chi connectivity index (χ3n) is 2.14. The van der Waals surface area contributed by atoms with Gasteiger partial charge in [-0.2, -0.15) is 0 Å². The Balaban J connectivity index is 2.97. The molecule has 0 fully saturated rings. The molecule has 0 saturated heterocycles. The van der Waals surface area contributed by atoms with E-state index >= 15 is 0 Å². The fraction of sp³-hybridized carbons (Fsp3) is 0.385. The maximum Gasteiger partial charge on any atom is 0.412 e. The van der Waals surface area contributed by atoms with Gasteiger partial charge in [-0.3, -0.25) is 10.1 Å². The van der Waals surface area contributed by atoms with Crippen LogP contribution in [0.4, 0.5) is 14.9 Å². The van der Waals surface area contributed by atoms with Crippen LogP contribution in [0.2, 0.25) is 5.02 Å². The molecular weight excluding hydrogens is 353 g/mol. The van der Waals surface area contributed by atoms with Gasteiger partial charge in [-0.25, -0.2) is 9.18 Å². The minimum Gasteiger partial charge on any atom is -0.444 e. The van der Waals surface area contributed by atoms with Crippen LogP contribution in [0.5, 0.6) is 0 Å². The quantitative estimate of drug-likeness (QED) is 0.637. The summed E-state index contributed by atoms with van der Waals surface area (Å²) in [6.45, 7) is 5.10. The highest BCUT2D eigenvalue weighted by molar-refractivity contribution is 9.09. The molecule has 20 heavy (non-hydrogen) atoms. The number of rotatable bonds is 3. The second-order valence-electron chi connectivity index (χ2n) is 4.97. The Bertz CT molecular complexity index is 543. The number of carbonyl (C=O) groups is 2. The highest BCUT2D eigenvalue weighted by Crippen LogP contribution is 2.28. The second-order valence-corrected chi connectivity index (χ2v) is 5.91. The summed E-state index contributed by atoms with van der Waals surface area (Å²) in [6.07, 6.45) is -0.752. The summed E-state index contributed by atoms with van der Waals surface area (Å²) in [5, 5.41) is 1.99. The third-order valence-corrected chi connectivity index (χ3v) is 3.02. The third kappa shape index (κ3) is 4.45. The number of amides is 1. The molecule has 0 aliphatic rings. The number of Topliss-reactive ketones (excluding diaryl/α,β-unsaturated/α-hetero) is 1. The number of nitrogens with one attached hydrogen (secondary N) is 1. The predicted molar refractivity (Wildman–Crippen MR) is 79.4 cm³/mol.